The Balaban J connectivity index is -0.000000125. The molecule has 0 radical (unpaired) electrons. The molecule has 0 fully saturated rings. The van der Waals surface area contributed by atoms with Gasteiger partial charge in [-0.15, -0.1) is 24.8 Å². The second kappa shape index (κ2) is 6.59. The van der Waals surface area contributed by atoms with Gasteiger partial charge in [0.2, 0.25) is 0 Å². The molecule has 0 bridgehead atoms. The molecule has 0 aliphatic carbocycles. The van der Waals surface area contributed by atoms with Gasteiger partial charge in [0, 0.05) is 0 Å². The number of carboxylic acid groups (broad SMARTS) is 1. The van der Waals surface area contributed by atoms with E-state index in [-0.39, 0.29) is 30.5 Å². The van der Waals surface area contributed by atoms with E-state index >= 15 is 0 Å². The number of halogens is 2. The molecule has 3 nitrogen and oxygen atoms in total. The summed E-state index contributed by atoms with van der Waals surface area (Å²) in [6, 6.07) is 0. The van der Waals surface area contributed by atoms with Crippen molar-refractivity contribution in [2.75, 3.05) is 0 Å². The predicted octanol–water partition coefficient (Wildman–Crippen LogP) is 0.387. The summed E-state index contributed by atoms with van der Waals surface area (Å²) in [5, 5.41) is 7.77. The molecule has 0 aromatic heterocycles. The predicted molar refractivity (Wildman–Crippen MR) is 35.5 cm³/mol. The zero-order valence-corrected chi connectivity index (χ0v) is 5.59. The maximum atomic E-state index is 9.47. The van der Waals surface area contributed by atoms with Crippen LogP contribution in [0.15, 0.2) is 12.3 Å². The molecule has 0 aliphatic heterocycles. The first kappa shape index (κ1) is 15.6. The third kappa shape index (κ3) is 9.14. The van der Waals surface area contributed by atoms with Crippen molar-refractivity contribution in [1.82, 2.24) is 0 Å². The minimum atomic E-state index is -1.16. The lowest BCUT2D eigenvalue weighted by molar-refractivity contribution is -0.132. The van der Waals surface area contributed by atoms with Crippen LogP contribution in [-0.2, 0) is 4.79 Å². The van der Waals surface area contributed by atoms with Gasteiger partial charge in [-0.2, -0.15) is 0 Å². The highest BCUT2D eigenvalue weighted by Gasteiger charge is 1.91. The van der Waals surface area contributed by atoms with Gasteiger partial charge in [0.1, 0.15) is 5.70 Å². The minimum absolute atomic E-state index is 0. The monoisotopic (exact) mass is 159 g/mol. The van der Waals surface area contributed by atoms with Crippen LogP contribution in [0.25, 0.3) is 0 Å². The van der Waals surface area contributed by atoms with Crippen LogP contribution in [0, 0.1) is 0 Å². The summed E-state index contributed by atoms with van der Waals surface area (Å²) < 4.78 is 0. The Labute approximate surface area is 59.4 Å². The summed E-state index contributed by atoms with van der Waals surface area (Å²) in [5.74, 6) is -1.16. The fraction of sp³-hybridized carbons (Fsp3) is 0. The number of rotatable bonds is 1. The lowest BCUT2D eigenvalue weighted by atomic mass is 10.5. The molecule has 0 unspecified atom stereocenters. The topological polar surface area (TPSA) is 63.3 Å². The third-order valence-corrected chi connectivity index (χ3v) is 0.275. The number of hydrogen-bond donors (Lipinski definition) is 2. The van der Waals surface area contributed by atoms with E-state index in [0.717, 1.165) is 0 Å². The van der Waals surface area contributed by atoms with Crippen LogP contribution in [0.3, 0.4) is 0 Å². The molecule has 0 saturated carbocycles. The fourth-order valence-corrected chi connectivity index (χ4v) is 0. The molecule has 8 heavy (non-hydrogen) atoms. The molecule has 3 N–H and O–H groups in total. The van der Waals surface area contributed by atoms with E-state index in [0.29, 0.717) is 0 Å². The summed E-state index contributed by atoms with van der Waals surface area (Å²) in [7, 11) is 0. The molecule has 0 aromatic rings. The van der Waals surface area contributed by atoms with E-state index in [2.05, 4.69) is 12.3 Å². The minimum Gasteiger partial charge on any atom is -0.477 e. The van der Waals surface area contributed by atoms with E-state index in [9.17, 15) is 4.79 Å². The average molecular weight is 160 g/mol. The van der Waals surface area contributed by atoms with Crippen molar-refractivity contribution < 1.29 is 9.90 Å². The van der Waals surface area contributed by atoms with E-state index in [4.69, 9.17) is 5.11 Å². The second-order valence-corrected chi connectivity index (χ2v) is 0.830. The molecule has 5 heteroatoms. The summed E-state index contributed by atoms with van der Waals surface area (Å²) in [6.07, 6.45) is 0. The first-order chi connectivity index (χ1) is 2.64. The van der Waals surface area contributed by atoms with E-state index < -0.39 is 5.97 Å². The zero-order valence-electron chi connectivity index (χ0n) is 3.96. The van der Waals surface area contributed by atoms with Crippen LogP contribution in [-0.4, -0.2) is 11.1 Å². The third-order valence-electron chi connectivity index (χ3n) is 0.275. The molecular formula is C3H7Cl2NO2. The summed E-state index contributed by atoms with van der Waals surface area (Å²) in [6.45, 7) is 2.93. The van der Waals surface area contributed by atoms with Crippen molar-refractivity contribution in [3.8, 4) is 0 Å². The van der Waals surface area contributed by atoms with Crippen LogP contribution in [0.5, 0.6) is 0 Å². The number of nitrogens with two attached hydrogens (primary N) is 1. The molecule has 0 amide bonds. The largest absolute Gasteiger partial charge is 0.477 e. The quantitative estimate of drug-likeness (QED) is 0.545. The molecular weight excluding hydrogens is 153 g/mol. The number of carboxylic acids is 1. The van der Waals surface area contributed by atoms with Crippen LogP contribution in [0.1, 0.15) is 0 Å². The van der Waals surface area contributed by atoms with Crippen molar-refractivity contribution in [1.29, 1.82) is 0 Å². The Kier molecular flexibility index (Phi) is 12.9. The first-order valence-electron chi connectivity index (χ1n) is 1.32. The van der Waals surface area contributed by atoms with Crippen molar-refractivity contribution in [2.24, 2.45) is 5.73 Å². The molecule has 0 rings (SSSR count). The van der Waals surface area contributed by atoms with Gasteiger partial charge in [0.05, 0.1) is 0 Å². The van der Waals surface area contributed by atoms with Gasteiger partial charge in [0.15, 0.2) is 0 Å². The lowest BCUT2D eigenvalue weighted by Crippen LogP contribution is -2.06. The Morgan fingerprint density at radius 1 is 1.50 bits per heavy atom. The van der Waals surface area contributed by atoms with Gasteiger partial charge < -0.3 is 10.8 Å². The van der Waals surface area contributed by atoms with E-state index in [1.807, 2.05) is 0 Å². The number of hydrogen-bond acceptors (Lipinski definition) is 2. The van der Waals surface area contributed by atoms with Crippen LogP contribution in [0.2, 0.25) is 0 Å². The summed E-state index contributed by atoms with van der Waals surface area (Å²) >= 11 is 0. The highest BCUT2D eigenvalue weighted by molar-refractivity contribution is 5.85. The standard InChI is InChI=1S/C3H5NO2.2ClH/c1-2(4)3(5)6;;/h1,4H2,(H,5,6);2*1H. The molecule has 50 valence electrons. The van der Waals surface area contributed by atoms with Crippen LogP contribution >= 0.6 is 24.8 Å². The summed E-state index contributed by atoms with van der Waals surface area (Å²) in [5.41, 5.74) is 4.32. The first-order valence-corrected chi connectivity index (χ1v) is 1.32. The van der Waals surface area contributed by atoms with Crippen LogP contribution < -0.4 is 5.73 Å². The van der Waals surface area contributed by atoms with E-state index in [1.54, 1.807) is 0 Å². The van der Waals surface area contributed by atoms with Gasteiger partial charge in [-0.1, -0.05) is 6.58 Å². The van der Waals surface area contributed by atoms with Crippen molar-refractivity contribution in [3.05, 3.63) is 12.3 Å². The van der Waals surface area contributed by atoms with Gasteiger partial charge in [0.25, 0.3) is 0 Å². The van der Waals surface area contributed by atoms with Crippen LogP contribution in [0.4, 0.5) is 0 Å². The smallest absolute Gasteiger partial charge is 0.351 e. The van der Waals surface area contributed by atoms with Crippen molar-refractivity contribution in [3.63, 3.8) is 0 Å². The normalized spacial score (nSPS) is 5.50. The molecule has 0 atom stereocenters. The molecule has 0 aliphatic rings. The molecule has 0 heterocycles. The molecule has 0 saturated heterocycles. The van der Waals surface area contributed by atoms with E-state index in [1.165, 1.54) is 0 Å². The van der Waals surface area contributed by atoms with Gasteiger partial charge >= 0.3 is 5.97 Å². The Morgan fingerprint density at radius 3 is 1.62 bits per heavy atom. The van der Waals surface area contributed by atoms with Gasteiger partial charge in [-0.3, -0.25) is 0 Å². The fourth-order valence-electron chi connectivity index (χ4n) is 0. The maximum Gasteiger partial charge on any atom is 0.351 e. The molecule has 0 aromatic carbocycles. The van der Waals surface area contributed by atoms with Crippen molar-refractivity contribution >= 4 is 30.8 Å². The highest BCUT2D eigenvalue weighted by atomic mass is 35.5. The Morgan fingerprint density at radius 2 is 1.62 bits per heavy atom. The number of carbonyl (C=O) groups is 1. The van der Waals surface area contributed by atoms with Gasteiger partial charge in [-0.05, 0) is 0 Å². The zero-order chi connectivity index (χ0) is 5.15. The SMILES string of the molecule is C=C(N)C(=O)O.Cl.Cl. The average Bonchev–Trinajstić information content (AvgIpc) is 1.36. The highest BCUT2D eigenvalue weighted by Crippen LogP contribution is 1.69. The maximum absolute atomic E-state index is 9.47. The lowest BCUT2D eigenvalue weighted by Gasteiger charge is -1.81. The Bertz CT molecular complexity index is 81.3. The molecule has 0 spiro atoms. The van der Waals surface area contributed by atoms with Gasteiger partial charge in [-0.25, -0.2) is 4.79 Å². The van der Waals surface area contributed by atoms with Crippen molar-refractivity contribution in [2.45, 2.75) is 0 Å². The number of aliphatic carboxylic acids is 1. The second-order valence-electron chi connectivity index (χ2n) is 0.830. The summed E-state index contributed by atoms with van der Waals surface area (Å²) in [4.78, 5) is 9.47. The Hall–Kier alpha value is -0.410.